The van der Waals surface area contributed by atoms with Crippen LogP contribution in [0.4, 0.5) is 4.39 Å². The highest BCUT2D eigenvalue weighted by atomic mass is 35.5. The molecule has 0 fully saturated rings. The predicted octanol–water partition coefficient (Wildman–Crippen LogP) is 2.84. The molecule has 0 aliphatic rings. The van der Waals surface area contributed by atoms with Crippen molar-refractivity contribution in [2.24, 2.45) is 0 Å². The van der Waals surface area contributed by atoms with Crippen LogP contribution in [0.3, 0.4) is 0 Å². The van der Waals surface area contributed by atoms with E-state index in [1.165, 1.54) is 23.0 Å². The van der Waals surface area contributed by atoms with Gasteiger partial charge in [0.15, 0.2) is 5.75 Å². The fourth-order valence-electron chi connectivity index (χ4n) is 1.77. The molecule has 0 aliphatic carbocycles. The van der Waals surface area contributed by atoms with E-state index in [4.69, 9.17) is 9.84 Å². The Morgan fingerprint density at radius 2 is 2.20 bits per heavy atom. The first-order valence-corrected chi connectivity index (χ1v) is 5.75. The molecule has 0 aliphatic heterocycles. The number of ether oxygens (including phenoxy) is 1. The Morgan fingerprint density at radius 3 is 2.75 bits per heavy atom. The van der Waals surface area contributed by atoms with Gasteiger partial charge in [-0.15, -0.1) is 12.4 Å². The van der Waals surface area contributed by atoms with Gasteiger partial charge in [-0.25, -0.2) is 13.9 Å². The second kappa shape index (κ2) is 6.38. The van der Waals surface area contributed by atoms with Crippen LogP contribution in [0, 0.1) is 12.7 Å². The first kappa shape index (κ1) is 16.0. The molecule has 0 saturated heterocycles. The van der Waals surface area contributed by atoms with Crippen molar-refractivity contribution < 1.29 is 19.0 Å². The van der Waals surface area contributed by atoms with E-state index < -0.39 is 5.97 Å². The zero-order valence-corrected chi connectivity index (χ0v) is 11.8. The van der Waals surface area contributed by atoms with Crippen molar-refractivity contribution >= 4 is 18.4 Å². The lowest BCUT2D eigenvalue weighted by Crippen LogP contribution is -2.03. The maximum absolute atomic E-state index is 13.0. The number of aryl methyl sites for hydroxylation is 1. The summed E-state index contributed by atoms with van der Waals surface area (Å²) in [7, 11) is 0. The minimum Gasteiger partial charge on any atom is -0.490 e. The van der Waals surface area contributed by atoms with Crippen molar-refractivity contribution in [3.05, 3.63) is 41.5 Å². The number of rotatable bonds is 4. The Hall–Kier alpha value is -2.08. The van der Waals surface area contributed by atoms with E-state index in [9.17, 15) is 9.18 Å². The lowest BCUT2D eigenvalue weighted by molar-refractivity contribution is 0.0685. The van der Waals surface area contributed by atoms with Crippen LogP contribution in [-0.4, -0.2) is 27.5 Å². The minimum atomic E-state index is -1.16. The van der Waals surface area contributed by atoms with Gasteiger partial charge < -0.3 is 9.84 Å². The summed E-state index contributed by atoms with van der Waals surface area (Å²) in [6.07, 6.45) is 1.48. The predicted molar refractivity (Wildman–Crippen MR) is 73.6 cm³/mol. The number of carboxylic acid groups (broad SMARTS) is 1. The standard InChI is InChI=1S/C13H13FN2O3.ClH/c1-3-19-11-7-16(15-12(11)13(17)18)10-5-4-9(14)6-8(10)2;/h4-7H,3H2,1-2H3,(H,17,18);1H. The number of hydrogen-bond donors (Lipinski definition) is 1. The fourth-order valence-corrected chi connectivity index (χ4v) is 1.77. The summed E-state index contributed by atoms with van der Waals surface area (Å²) in [6, 6.07) is 4.20. The third-order valence-electron chi connectivity index (χ3n) is 2.59. The van der Waals surface area contributed by atoms with Gasteiger partial charge >= 0.3 is 5.97 Å². The quantitative estimate of drug-likeness (QED) is 0.943. The number of aromatic nitrogens is 2. The zero-order valence-electron chi connectivity index (χ0n) is 11.0. The highest BCUT2D eigenvalue weighted by molar-refractivity contribution is 5.88. The lowest BCUT2D eigenvalue weighted by Gasteiger charge is -2.05. The summed E-state index contributed by atoms with van der Waals surface area (Å²) in [5, 5.41) is 13.0. The maximum atomic E-state index is 13.0. The smallest absolute Gasteiger partial charge is 0.360 e. The van der Waals surface area contributed by atoms with E-state index in [1.807, 2.05) is 0 Å². The van der Waals surface area contributed by atoms with Crippen LogP contribution in [0.15, 0.2) is 24.4 Å². The van der Waals surface area contributed by atoms with Gasteiger partial charge in [0.1, 0.15) is 5.82 Å². The van der Waals surface area contributed by atoms with Gasteiger partial charge in [0.25, 0.3) is 0 Å². The highest BCUT2D eigenvalue weighted by Crippen LogP contribution is 2.22. The number of carboxylic acids is 1. The summed E-state index contributed by atoms with van der Waals surface area (Å²) in [6.45, 7) is 3.82. The minimum absolute atomic E-state index is 0. The molecular weight excluding hydrogens is 287 g/mol. The van der Waals surface area contributed by atoms with E-state index in [0.29, 0.717) is 17.9 Å². The van der Waals surface area contributed by atoms with Crippen LogP contribution >= 0.6 is 12.4 Å². The third-order valence-corrected chi connectivity index (χ3v) is 2.59. The topological polar surface area (TPSA) is 64.4 Å². The van der Waals surface area contributed by atoms with E-state index in [0.717, 1.165) is 0 Å². The van der Waals surface area contributed by atoms with Crippen molar-refractivity contribution in [2.75, 3.05) is 6.61 Å². The number of benzene rings is 1. The number of aromatic carboxylic acids is 1. The molecule has 0 bridgehead atoms. The highest BCUT2D eigenvalue weighted by Gasteiger charge is 2.18. The molecule has 0 unspecified atom stereocenters. The van der Waals surface area contributed by atoms with Crippen molar-refractivity contribution in [3.63, 3.8) is 0 Å². The second-order valence-corrected chi connectivity index (χ2v) is 3.96. The Morgan fingerprint density at radius 1 is 1.50 bits per heavy atom. The van der Waals surface area contributed by atoms with Gasteiger partial charge in [-0.1, -0.05) is 0 Å². The fraction of sp³-hybridized carbons (Fsp3) is 0.231. The Balaban J connectivity index is 0.00000200. The molecule has 7 heteroatoms. The van der Waals surface area contributed by atoms with Crippen LogP contribution < -0.4 is 4.74 Å². The number of nitrogens with zero attached hydrogens (tertiary/aromatic N) is 2. The molecule has 1 aromatic carbocycles. The molecule has 0 amide bonds. The lowest BCUT2D eigenvalue weighted by atomic mass is 10.2. The molecule has 20 heavy (non-hydrogen) atoms. The SMILES string of the molecule is CCOc1cn(-c2ccc(F)cc2C)nc1C(=O)O.Cl. The Kier molecular flexibility index (Phi) is 5.10. The van der Waals surface area contributed by atoms with Crippen molar-refractivity contribution in [3.8, 4) is 11.4 Å². The molecule has 1 heterocycles. The largest absolute Gasteiger partial charge is 0.490 e. The van der Waals surface area contributed by atoms with Crippen LogP contribution in [0.2, 0.25) is 0 Å². The van der Waals surface area contributed by atoms with Crippen molar-refractivity contribution in [2.45, 2.75) is 13.8 Å². The number of carbonyl (C=O) groups is 1. The first-order valence-electron chi connectivity index (χ1n) is 5.75. The van der Waals surface area contributed by atoms with Crippen molar-refractivity contribution in [1.82, 2.24) is 9.78 Å². The Bertz CT molecular complexity index is 628. The number of halogens is 2. The zero-order chi connectivity index (χ0) is 14.0. The molecule has 108 valence electrons. The maximum Gasteiger partial charge on any atom is 0.360 e. The average molecular weight is 301 g/mol. The van der Waals surface area contributed by atoms with Crippen LogP contribution in [0.1, 0.15) is 23.0 Å². The molecular formula is C13H14ClFN2O3. The van der Waals surface area contributed by atoms with E-state index in [2.05, 4.69) is 5.10 Å². The van der Waals surface area contributed by atoms with Gasteiger partial charge in [0.2, 0.25) is 5.69 Å². The van der Waals surface area contributed by atoms with Crippen molar-refractivity contribution in [1.29, 1.82) is 0 Å². The van der Waals surface area contributed by atoms with Crippen LogP contribution in [-0.2, 0) is 0 Å². The molecule has 1 aromatic heterocycles. The molecule has 1 N–H and O–H groups in total. The van der Waals surface area contributed by atoms with Gasteiger partial charge in [-0.2, -0.15) is 5.10 Å². The molecule has 5 nitrogen and oxygen atoms in total. The summed E-state index contributed by atoms with van der Waals surface area (Å²) >= 11 is 0. The van der Waals surface area contributed by atoms with Gasteiger partial charge in [0, 0.05) is 0 Å². The normalized spacial score (nSPS) is 9.95. The average Bonchev–Trinajstić information content (AvgIpc) is 2.73. The van der Waals surface area contributed by atoms with Gasteiger partial charge in [-0.3, -0.25) is 0 Å². The number of hydrogen-bond acceptors (Lipinski definition) is 3. The summed E-state index contributed by atoms with van der Waals surface area (Å²) in [5.41, 5.74) is 1.10. The van der Waals surface area contributed by atoms with E-state index in [-0.39, 0.29) is 29.7 Å². The third kappa shape index (κ3) is 3.08. The van der Waals surface area contributed by atoms with Crippen LogP contribution in [0.5, 0.6) is 5.75 Å². The molecule has 2 rings (SSSR count). The summed E-state index contributed by atoms with van der Waals surface area (Å²) in [5.74, 6) is -1.32. The van der Waals surface area contributed by atoms with E-state index >= 15 is 0 Å². The van der Waals surface area contributed by atoms with Crippen LogP contribution in [0.25, 0.3) is 5.69 Å². The monoisotopic (exact) mass is 300 g/mol. The summed E-state index contributed by atoms with van der Waals surface area (Å²) in [4.78, 5) is 11.1. The molecule has 2 aromatic rings. The Labute approximate surface area is 121 Å². The molecule has 0 atom stereocenters. The molecule has 0 saturated carbocycles. The van der Waals surface area contributed by atoms with Gasteiger partial charge in [0.05, 0.1) is 18.5 Å². The van der Waals surface area contributed by atoms with E-state index in [1.54, 1.807) is 19.9 Å². The molecule has 0 spiro atoms. The second-order valence-electron chi connectivity index (χ2n) is 3.96. The first-order chi connectivity index (χ1) is 9.02. The molecule has 0 radical (unpaired) electrons. The van der Waals surface area contributed by atoms with Gasteiger partial charge in [-0.05, 0) is 37.6 Å². The summed E-state index contributed by atoms with van der Waals surface area (Å²) < 4.78 is 19.7.